The van der Waals surface area contributed by atoms with Crippen LogP contribution in [0.1, 0.15) is 10.4 Å². The second-order valence-electron chi connectivity index (χ2n) is 6.08. The lowest BCUT2D eigenvalue weighted by Gasteiger charge is -2.20. The second-order valence-corrected chi connectivity index (χ2v) is 6.90. The summed E-state index contributed by atoms with van der Waals surface area (Å²) in [6, 6.07) is 5.96. The summed E-state index contributed by atoms with van der Waals surface area (Å²) in [6.45, 7) is 1.03. The Hall–Kier alpha value is -2.84. The standard InChI is InChI=1S/C19H15Cl2NO7/c20-11-7-14-15(26-2-1-25-14)8-13(11)22-17(23)9-29-19(24)10-5-12(21)18-16(6-10)27-3-4-28-18/h5-8H,1-4,9H2,(H,22,23). The van der Waals surface area contributed by atoms with E-state index in [4.69, 9.17) is 46.9 Å². The molecule has 0 bridgehead atoms. The van der Waals surface area contributed by atoms with Gasteiger partial charge in [0.15, 0.2) is 29.6 Å². The van der Waals surface area contributed by atoms with E-state index in [1.807, 2.05) is 0 Å². The van der Waals surface area contributed by atoms with Crippen molar-refractivity contribution in [3.05, 3.63) is 39.9 Å². The zero-order valence-corrected chi connectivity index (χ0v) is 16.5. The van der Waals surface area contributed by atoms with Crippen molar-refractivity contribution in [2.24, 2.45) is 0 Å². The molecule has 0 radical (unpaired) electrons. The predicted octanol–water partition coefficient (Wildman–Crippen LogP) is 3.33. The maximum absolute atomic E-state index is 12.3. The van der Waals surface area contributed by atoms with Crippen LogP contribution in [0.4, 0.5) is 5.69 Å². The van der Waals surface area contributed by atoms with Gasteiger partial charge in [-0.25, -0.2) is 4.79 Å². The number of amides is 1. The molecule has 0 unspecified atom stereocenters. The third-order valence-electron chi connectivity index (χ3n) is 4.07. The molecule has 2 aromatic carbocycles. The molecule has 10 heteroatoms. The minimum Gasteiger partial charge on any atom is -0.486 e. The first-order chi connectivity index (χ1) is 14.0. The Morgan fingerprint density at radius 2 is 1.52 bits per heavy atom. The van der Waals surface area contributed by atoms with Crippen LogP contribution >= 0.6 is 23.2 Å². The smallest absolute Gasteiger partial charge is 0.338 e. The number of ether oxygens (including phenoxy) is 5. The van der Waals surface area contributed by atoms with Crippen molar-refractivity contribution in [1.82, 2.24) is 0 Å². The molecule has 0 saturated carbocycles. The van der Waals surface area contributed by atoms with Crippen molar-refractivity contribution < 1.29 is 33.3 Å². The average molecular weight is 440 g/mol. The summed E-state index contributed by atoms with van der Waals surface area (Å²) in [4.78, 5) is 24.5. The second kappa shape index (κ2) is 8.26. The molecular weight excluding hydrogens is 425 g/mol. The zero-order valence-electron chi connectivity index (χ0n) is 15.0. The number of rotatable bonds is 4. The highest BCUT2D eigenvalue weighted by Crippen LogP contribution is 2.39. The predicted molar refractivity (Wildman–Crippen MR) is 104 cm³/mol. The summed E-state index contributed by atoms with van der Waals surface area (Å²) >= 11 is 12.3. The van der Waals surface area contributed by atoms with Gasteiger partial charge >= 0.3 is 5.97 Å². The highest BCUT2D eigenvalue weighted by Gasteiger charge is 2.21. The molecule has 4 rings (SSSR count). The zero-order chi connectivity index (χ0) is 20.4. The number of esters is 1. The minimum absolute atomic E-state index is 0.143. The molecule has 0 saturated heterocycles. The normalized spacial score (nSPS) is 14.1. The number of carbonyl (C=O) groups is 2. The van der Waals surface area contributed by atoms with E-state index in [1.54, 1.807) is 12.1 Å². The van der Waals surface area contributed by atoms with Crippen molar-refractivity contribution in [2.45, 2.75) is 0 Å². The van der Waals surface area contributed by atoms with Crippen molar-refractivity contribution in [1.29, 1.82) is 0 Å². The Bertz CT molecular complexity index is 980. The van der Waals surface area contributed by atoms with Crippen LogP contribution in [0, 0.1) is 0 Å². The van der Waals surface area contributed by atoms with Crippen molar-refractivity contribution >= 4 is 40.8 Å². The van der Waals surface area contributed by atoms with E-state index < -0.39 is 18.5 Å². The largest absolute Gasteiger partial charge is 0.486 e. The highest BCUT2D eigenvalue weighted by atomic mass is 35.5. The first-order valence-corrected chi connectivity index (χ1v) is 9.42. The van der Waals surface area contributed by atoms with Gasteiger partial charge < -0.3 is 29.0 Å². The van der Waals surface area contributed by atoms with Crippen molar-refractivity contribution in [3.8, 4) is 23.0 Å². The van der Waals surface area contributed by atoms with E-state index in [9.17, 15) is 9.59 Å². The lowest BCUT2D eigenvalue weighted by atomic mass is 10.2. The molecule has 29 heavy (non-hydrogen) atoms. The summed E-state index contributed by atoms with van der Waals surface area (Å²) in [5.74, 6) is 0.400. The molecule has 2 aliphatic rings. The molecule has 2 aromatic rings. The summed E-state index contributed by atoms with van der Waals surface area (Å²) in [7, 11) is 0. The Morgan fingerprint density at radius 1 is 0.862 bits per heavy atom. The monoisotopic (exact) mass is 439 g/mol. The molecule has 0 aliphatic carbocycles. The molecule has 8 nitrogen and oxygen atoms in total. The summed E-state index contributed by atoms with van der Waals surface area (Å²) < 4.78 is 26.8. The van der Waals surface area contributed by atoms with E-state index in [0.717, 1.165) is 0 Å². The Kier molecular flexibility index (Phi) is 5.55. The van der Waals surface area contributed by atoms with Crippen LogP contribution in [0.15, 0.2) is 24.3 Å². The SMILES string of the molecule is O=C(COC(=O)c1cc(Cl)c2c(c1)OCCO2)Nc1cc2c(cc1Cl)OCCO2. The van der Waals surface area contributed by atoms with E-state index in [0.29, 0.717) is 55.1 Å². The molecule has 0 spiro atoms. The van der Waals surface area contributed by atoms with Gasteiger partial charge in [0.1, 0.15) is 26.4 Å². The fourth-order valence-electron chi connectivity index (χ4n) is 2.79. The number of anilines is 1. The fourth-order valence-corrected chi connectivity index (χ4v) is 3.26. The number of nitrogens with one attached hydrogen (secondary N) is 1. The van der Waals surface area contributed by atoms with Crippen LogP contribution in [-0.4, -0.2) is 44.9 Å². The number of halogens is 2. The van der Waals surface area contributed by atoms with Crippen LogP contribution < -0.4 is 24.3 Å². The number of hydrogen-bond donors (Lipinski definition) is 1. The molecule has 0 fully saturated rings. The summed E-state index contributed by atoms with van der Waals surface area (Å²) in [6.07, 6.45) is 0. The quantitative estimate of drug-likeness (QED) is 0.730. The van der Waals surface area contributed by atoms with Crippen LogP contribution in [0.5, 0.6) is 23.0 Å². The molecule has 0 atom stereocenters. The Morgan fingerprint density at radius 3 is 2.28 bits per heavy atom. The molecular formula is C19H15Cl2NO7. The highest BCUT2D eigenvalue weighted by molar-refractivity contribution is 6.34. The van der Waals surface area contributed by atoms with Gasteiger partial charge in [-0.15, -0.1) is 0 Å². The third kappa shape index (κ3) is 4.28. The molecule has 1 N–H and O–H groups in total. The molecule has 2 aliphatic heterocycles. The van der Waals surface area contributed by atoms with Crippen molar-refractivity contribution in [2.75, 3.05) is 38.4 Å². The number of carbonyl (C=O) groups excluding carboxylic acids is 2. The summed E-state index contributed by atoms with van der Waals surface area (Å²) in [5, 5.41) is 3.07. The molecule has 152 valence electrons. The van der Waals surface area contributed by atoms with Crippen LogP contribution in [0.25, 0.3) is 0 Å². The number of benzene rings is 2. The van der Waals surface area contributed by atoms with Crippen LogP contribution in [0.3, 0.4) is 0 Å². The van der Waals surface area contributed by atoms with Crippen LogP contribution in [0.2, 0.25) is 10.0 Å². The van der Waals surface area contributed by atoms with Gasteiger partial charge in [-0.1, -0.05) is 23.2 Å². The van der Waals surface area contributed by atoms with Gasteiger partial charge in [0.25, 0.3) is 5.91 Å². The van der Waals surface area contributed by atoms with E-state index in [1.165, 1.54) is 12.1 Å². The lowest BCUT2D eigenvalue weighted by molar-refractivity contribution is -0.119. The first-order valence-electron chi connectivity index (χ1n) is 8.66. The lowest BCUT2D eigenvalue weighted by Crippen LogP contribution is -2.22. The summed E-state index contributed by atoms with van der Waals surface area (Å²) in [5.41, 5.74) is 0.462. The number of hydrogen-bond acceptors (Lipinski definition) is 7. The van der Waals surface area contributed by atoms with E-state index in [2.05, 4.69) is 5.32 Å². The van der Waals surface area contributed by atoms with E-state index >= 15 is 0 Å². The van der Waals surface area contributed by atoms with E-state index in [-0.39, 0.29) is 15.6 Å². The van der Waals surface area contributed by atoms with Crippen molar-refractivity contribution in [3.63, 3.8) is 0 Å². The van der Waals surface area contributed by atoms with Gasteiger partial charge in [0, 0.05) is 12.1 Å². The molecule has 1 amide bonds. The Labute approximate surface area is 175 Å². The fraction of sp³-hybridized carbons (Fsp3) is 0.263. The van der Waals surface area contributed by atoms with Gasteiger partial charge in [-0.3, -0.25) is 4.79 Å². The number of fused-ring (bicyclic) bond motifs is 2. The maximum atomic E-state index is 12.3. The van der Waals surface area contributed by atoms with Gasteiger partial charge in [0.2, 0.25) is 0 Å². The first kappa shape index (κ1) is 19.5. The third-order valence-corrected chi connectivity index (χ3v) is 4.67. The average Bonchev–Trinajstić information content (AvgIpc) is 2.72. The van der Waals surface area contributed by atoms with Gasteiger partial charge in [0.05, 0.1) is 21.3 Å². The topological polar surface area (TPSA) is 92.3 Å². The maximum Gasteiger partial charge on any atom is 0.338 e. The van der Waals surface area contributed by atoms with Crippen LogP contribution in [-0.2, 0) is 9.53 Å². The molecule has 0 aromatic heterocycles. The van der Waals surface area contributed by atoms with Gasteiger partial charge in [-0.2, -0.15) is 0 Å². The molecule has 2 heterocycles. The minimum atomic E-state index is -0.729. The van der Waals surface area contributed by atoms with Gasteiger partial charge in [-0.05, 0) is 12.1 Å². The Balaban J connectivity index is 1.39.